The number of hydrogen-bond acceptors (Lipinski definition) is 5. The van der Waals surface area contributed by atoms with Gasteiger partial charge in [-0.3, -0.25) is 4.79 Å². The molecule has 27 heavy (non-hydrogen) atoms. The largest absolute Gasteiger partial charge is 0.340 e. The van der Waals surface area contributed by atoms with E-state index in [2.05, 4.69) is 39.1 Å². The number of H-pyrrole nitrogens is 1. The first-order valence-corrected chi connectivity index (χ1v) is 9.67. The molecule has 0 bridgehead atoms. The van der Waals surface area contributed by atoms with Gasteiger partial charge in [0.1, 0.15) is 17.7 Å². The van der Waals surface area contributed by atoms with Crippen molar-refractivity contribution in [1.29, 1.82) is 0 Å². The maximum atomic E-state index is 12.5. The molecule has 1 aliphatic heterocycles. The number of amides is 1. The van der Waals surface area contributed by atoms with Crippen molar-refractivity contribution in [3.05, 3.63) is 23.9 Å². The van der Waals surface area contributed by atoms with Gasteiger partial charge in [0.05, 0.1) is 12.0 Å². The summed E-state index contributed by atoms with van der Waals surface area (Å²) < 4.78 is 1.73. The van der Waals surface area contributed by atoms with Crippen molar-refractivity contribution in [3.63, 3.8) is 0 Å². The number of carbonyl (C=O) groups excluding carboxylic acids is 1. The van der Waals surface area contributed by atoms with E-state index in [1.807, 2.05) is 6.92 Å². The highest BCUT2D eigenvalue weighted by atomic mass is 16.1. The summed E-state index contributed by atoms with van der Waals surface area (Å²) in [4.78, 5) is 28.4. The van der Waals surface area contributed by atoms with E-state index in [-0.39, 0.29) is 11.8 Å². The second-order valence-electron chi connectivity index (χ2n) is 7.23. The lowest BCUT2D eigenvalue weighted by molar-refractivity contribution is -0.117. The molecule has 0 fully saturated rings. The molecular formula is C19H25N7O. The van der Waals surface area contributed by atoms with E-state index >= 15 is 0 Å². The molecule has 2 unspecified atom stereocenters. The standard InChI is InChI=1S/C19H25N7O/c1-4-6-7-12(5-2)13-8-14(27)24-18-15(13)11(3)25-26(18)19-16-17(21-9-20-16)22-10-23-19/h9-10,12-13H,4-8H2,1-3H3,(H,24,27)(H,20,21,22,23). The number of anilines is 1. The van der Waals surface area contributed by atoms with Gasteiger partial charge < -0.3 is 10.3 Å². The molecule has 2 N–H and O–H groups in total. The highest BCUT2D eigenvalue weighted by molar-refractivity contribution is 5.95. The fraction of sp³-hybridized carbons (Fsp3) is 0.526. The number of hydrogen-bond donors (Lipinski definition) is 2. The molecule has 0 aliphatic carbocycles. The second-order valence-corrected chi connectivity index (χ2v) is 7.23. The maximum absolute atomic E-state index is 12.5. The van der Waals surface area contributed by atoms with E-state index in [0.29, 0.717) is 29.3 Å². The molecule has 0 spiro atoms. The van der Waals surface area contributed by atoms with E-state index in [4.69, 9.17) is 5.10 Å². The van der Waals surface area contributed by atoms with Gasteiger partial charge in [0.25, 0.3) is 0 Å². The smallest absolute Gasteiger partial charge is 0.226 e. The van der Waals surface area contributed by atoms with Crippen molar-refractivity contribution in [3.8, 4) is 5.82 Å². The first-order valence-electron chi connectivity index (χ1n) is 9.67. The summed E-state index contributed by atoms with van der Waals surface area (Å²) in [7, 11) is 0. The van der Waals surface area contributed by atoms with Gasteiger partial charge in [-0.2, -0.15) is 9.78 Å². The number of fused-ring (bicyclic) bond motifs is 2. The average Bonchev–Trinajstić information content (AvgIpc) is 3.26. The van der Waals surface area contributed by atoms with Gasteiger partial charge in [0.15, 0.2) is 11.5 Å². The summed E-state index contributed by atoms with van der Waals surface area (Å²) in [6, 6.07) is 0. The van der Waals surface area contributed by atoms with E-state index in [1.54, 1.807) is 11.0 Å². The molecule has 1 aliphatic rings. The van der Waals surface area contributed by atoms with E-state index < -0.39 is 0 Å². The minimum absolute atomic E-state index is 0.0403. The van der Waals surface area contributed by atoms with E-state index in [1.165, 1.54) is 19.2 Å². The Bertz CT molecular complexity index is 974. The molecule has 8 heteroatoms. The van der Waals surface area contributed by atoms with Crippen molar-refractivity contribution in [2.45, 2.75) is 58.8 Å². The average molecular weight is 367 g/mol. The second kappa shape index (κ2) is 7.09. The number of imidazole rings is 1. The fourth-order valence-corrected chi connectivity index (χ4v) is 4.21. The van der Waals surface area contributed by atoms with Crippen LogP contribution in [0.4, 0.5) is 5.82 Å². The van der Waals surface area contributed by atoms with Crippen LogP contribution in [-0.4, -0.2) is 35.6 Å². The monoisotopic (exact) mass is 367 g/mol. The van der Waals surface area contributed by atoms with Gasteiger partial charge >= 0.3 is 0 Å². The van der Waals surface area contributed by atoms with Gasteiger partial charge in [-0.1, -0.05) is 33.1 Å². The van der Waals surface area contributed by atoms with Crippen molar-refractivity contribution < 1.29 is 4.79 Å². The normalized spacial score (nSPS) is 17.7. The summed E-state index contributed by atoms with van der Waals surface area (Å²) >= 11 is 0. The van der Waals surface area contributed by atoms with Gasteiger partial charge in [0, 0.05) is 17.9 Å². The number of carbonyl (C=O) groups is 1. The van der Waals surface area contributed by atoms with Crippen LogP contribution in [-0.2, 0) is 4.79 Å². The van der Waals surface area contributed by atoms with Crippen molar-refractivity contribution in [2.24, 2.45) is 5.92 Å². The van der Waals surface area contributed by atoms with Crippen LogP contribution < -0.4 is 5.32 Å². The Kier molecular flexibility index (Phi) is 4.63. The fourth-order valence-electron chi connectivity index (χ4n) is 4.21. The number of nitrogens with one attached hydrogen (secondary N) is 2. The van der Waals surface area contributed by atoms with E-state index in [9.17, 15) is 4.79 Å². The van der Waals surface area contributed by atoms with Crippen LogP contribution in [0, 0.1) is 12.8 Å². The van der Waals surface area contributed by atoms with Crippen LogP contribution in [0.25, 0.3) is 17.0 Å². The lowest BCUT2D eigenvalue weighted by Crippen LogP contribution is -2.28. The SMILES string of the molecule is CCCCC(CC)C1CC(=O)Nc2c1c(C)nn2-c1ncnc2nc[nH]c12. The molecule has 0 saturated carbocycles. The summed E-state index contributed by atoms with van der Waals surface area (Å²) in [5.41, 5.74) is 3.37. The molecule has 3 aromatic rings. The predicted octanol–water partition coefficient (Wildman–Crippen LogP) is 3.49. The zero-order valence-electron chi connectivity index (χ0n) is 16.0. The Morgan fingerprint density at radius 2 is 2.15 bits per heavy atom. The molecule has 0 saturated heterocycles. The van der Waals surface area contributed by atoms with Crippen LogP contribution >= 0.6 is 0 Å². The predicted molar refractivity (Wildman–Crippen MR) is 103 cm³/mol. The minimum Gasteiger partial charge on any atom is -0.340 e. The zero-order valence-corrected chi connectivity index (χ0v) is 16.0. The molecular weight excluding hydrogens is 342 g/mol. The molecule has 142 valence electrons. The summed E-state index contributed by atoms with van der Waals surface area (Å²) in [6.07, 6.45) is 8.11. The highest BCUT2D eigenvalue weighted by Crippen LogP contribution is 2.43. The Morgan fingerprint density at radius 1 is 1.30 bits per heavy atom. The number of aromatic nitrogens is 6. The maximum Gasteiger partial charge on any atom is 0.226 e. The Labute approximate surface area is 157 Å². The molecule has 0 radical (unpaired) electrons. The molecule has 8 nitrogen and oxygen atoms in total. The number of nitrogens with zero attached hydrogens (tertiary/aromatic N) is 5. The van der Waals surface area contributed by atoms with Crippen LogP contribution in [0.5, 0.6) is 0 Å². The van der Waals surface area contributed by atoms with Crippen LogP contribution in [0.1, 0.15) is 63.1 Å². The Hall–Kier alpha value is -2.77. The topological polar surface area (TPSA) is 101 Å². The van der Waals surface area contributed by atoms with E-state index in [0.717, 1.165) is 29.9 Å². The molecule has 2 atom stereocenters. The molecule has 1 amide bonds. The highest BCUT2D eigenvalue weighted by Gasteiger charge is 2.36. The van der Waals surface area contributed by atoms with Crippen molar-refractivity contribution in [2.75, 3.05) is 5.32 Å². The van der Waals surface area contributed by atoms with Crippen molar-refractivity contribution >= 4 is 22.9 Å². The summed E-state index contributed by atoms with van der Waals surface area (Å²) in [6.45, 7) is 6.43. The van der Waals surface area contributed by atoms with Gasteiger partial charge in [-0.15, -0.1) is 0 Å². The number of aromatic amines is 1. The van der Waals surface area contributed by atoms with Gasteiger partial charge in [0.2, 0.25) is 5.91 Å². The third-order valence-corrected chi connectivity index (χ3v) is 5.57. The lowest BCUT2D eigenvalue weighted by Gasteiger charge is -2.30. The molecule has 3 aromatic heterocycles. The third-order valence-electron chi connectivity index (χ3n) is 5.57. The van der Waals surface area contributed by atoms with Crippen LogP contribution in [0.3, 0.4) is 0 Å². The Morgan fingerprint density at radius 3 is 2.93 bits per heavy atom. The van der Waals surface area contributed by atoms with Crippen molar-refractivity contribution in [1.82, 2.24) is 29.7 Å². The lowest BCUT2D eigenvalue weighted by atomic mass is 9.77. The number of unbranched alkanes of at least 4 members (excludes halogenated alkanes) is 1. The first kappa shape index (κ1) is 17.6. The molecule has 4 heterocycles. The molecule has 0 aromatic carbocycles. The Balaban J connectivity index is 1.83. The third kappa shape index (κ3) is 2.98. The van der Waals surface area contributed by atoms with Crippen LogP contribution in [0.2, 0.25) is 0 Å². The van der Waals surface area contributed by atoms with Gasteiger partial charge in [-0.05, 0) is 19.3 Å². The van der Waals surface area contributed by atoms with Gasteiger partial charge in [-0.25, -0.2) is 15.0 Å². The summed E-state index contributed by atoms with van der Waals surface area (Å²) in [5.74, 6) is 2.04. The summed E-state index contributed by atoms with van der Waals surface area (Å²) in [5, 5.41) is 7.77. The zero-order chi connectivity index (χ0) is 19.0. The number of rotatable bonds is 6. The quantitative estimate of drug-likeness (QED) is 0.694. The first-order chi connectivity index (χ1) is 13.1. The number of aryl methyl sites for hydroxylation is 1. The van der Waals surface area contributed by atoms with Crippen LogP contribution in [0.15, 0.2) is 12.7 Å². The minimum atomic E-state index is 0.0403. The molecule has 4 rings (SSSR count).